The molecular weight excluding hydrogens is 194 g/mol. The van der Waals surface area contributed by atoms with Gasteiger partial charge in [-0.3, -0.25) is 0 Å². The summed E-state index contributed by atoms with van der Waals surface area (Å²) in [4.78, 5) is 17.1. The van der Waals surface area contributed by atoms with E-state index in [4.69, 9.17) is 5.11 Å². The van der Waals surface area contributed by atoms with Crippen LogP contribution in [0.5, 0.6) is 0 Å². The number of carboxylic acids is 1. The molecule has 0 aromatic carbocycles. The summed E-state index contributed by atoms with van der Waals surface area (Å²) in [5.41, 5.74) is 0. The number of imidazole rings is 1. The Morgan fingerprint density at radius 3 is 3.20 bits per heavy atom. The van der Waals surface area contributed by atoms with Crippen LogP contribution in [0.15, 0.2) is 12.4 Å². The number of aliphatic carboxylic acids is 1. The minimum Gasteiger partial charge on any atom is -0.480 e. The van der Waals surface area contributed by atoms with E-state index in [1.165, 1.54) is 0 Å². The molecule has 2 rings (SSSR count). The summed E-state index contributed by atoms with van der Waals surface area (Å²) in [7, 11) is 0. The Morgan fingerprint density at radius 1 is 1.73 bits per heavy atom. The fraction of sp³-hybridized carbons (Fsp3) is 0.600. The van der Waals surface area contributed by atoms with Gasteiger partial charge >= 0.3 is 5.97 Å². The van der Waals surface area contributed by atoms with Crippen molar-refractivity contribution >= 4 is 11.9 Å². The predicted molar refractivity (Wildman–Crippen MR) is 55.9 cm³/mol. The quantitative estimate of drug-likeness (QED) is 0.805. The van der Waals surface area contributed by atoms with E-state index >= 15 is 0 Å². The van der Waals surface area contributed by atoms with Crippen LogP contribution < -0.4 is 4.90 Å². The van der Waals surface area contributed by atoms with Gasteiger partial charge in [0.15, 0.2) is 0 Å². The van der Waals surface area contributed by atoms with Crippen LogP contribution in [0.1, 0.15) is 19.8 Å². The molecule has 2 heterocycles. The van der Waals surface area contributed by atoms with Crippen molar-refractivity contribution in [2.75, 3.05) is 11.4 Å². The van der Waals surface area contributed by atoms with Crippen molar-refractivity contribution in [2.45, 2.75) is 32.4 Å². The van der Waals surface area contributed by atoms with E-state index in [1.54, 1.807) is 6.20 Å². The van der Waals surface area contributed by atoms with Crippen molar-refractivity contribution in [3.05, 3.63) is 12.4 Å². The average molecular weight is 209 g/mol. The molecular formula is C10H15N3O2. The van der Waals surface area contributed by atoms with Gasteiger partial charge in [-0.1, -0.05) is 0 Å². The highest BCUT2D eigenvalue weighted by molar-refractivity contribution is 5.78. The monoisotopic (exact) mass is 209 g/mol. The third kappa shape index (κ3) is 1.69. The van der Waals surface area contributed by atoms with Gasteiger partial charge in [0.25, 0.3) is 0 Å². The van der Waals surface area contributed by atoms with Crippen molar-refractivity contribution in [3.63, 3.8) is 0 Å². The van der Waals surface area contributed by atoms with E-state index in [-0.39, 0.29) is 0 Å². The molecule has 0 saturated carbocycles. The van der Waals surface area contributed by atoms with Crippen LogP contribution in [-0.4, -0.2) is 33.2 Å². The van der Waals surface area contributed by atoms with Gasteiger partial charge in [0.2, 0.25) is 5.95 Å². The van der Waals surface area contributed by atoms with Crippen LogP contribution in [0, 0.1) is 0 Å². The number of hydrogen-bond acceptors (Lipinski definition) is 3. The molecule has 5 nitrogen and oxygen atoms in total. The molecule has 1 N–H and O–H groups in total. The molecule has 0 amide bonds. The molecule has 0 aliphatic carbocycles. The molecule has 1 aliphatic heterocycles. The SMILES string of the molecule is CCn1ccnc1N1CCCC1C(=O)O. The molecule has 1 fully saturated rings. The lowest BCUT2D eigenvalue weighted by molar-refractivity contribution is -0.138. The number of hydrogen-bond donors (Lipinski definition) is 1. The smallest absolute Gasteiger partial charge is 0.326 e. The maximum absolute atomic E-state index is 11.0. The normalized spacial score (nSPS) is 20.9. The number of anilines is 1. The highest BCUT2D eigenvalue weighted by Gasteiger charge is 2.32. The van der Waals surface area contributed by atoms with Gasteiger partial charge in [-0.25, -0.2) is 9.78 Å². The third-order valence-electron chi connectivity index (χ3n) is 2.83. The van der Waals surface area contributed by atoms with Crippen molar-refractivity contribution in [1.29, 1.82) is 0 Å². The molecule has 15 heavy (non-hydrogen) atoms. The molecule has 1 aromatic heterocycles. The van der Waals surface area contributed by atoms with Crippen molar-refractivity contribution < 1.29 is 9.90 Å². The Labute approximate surface area is 88.3 Å². The number of carboxylic acid groups (broad SMARTS) is 1. The Balaban J connectivity index is 2.26. The largest absolute Gasteiger partial charge is 0.480 e. The summed E-state index contributed by atoms with van der Waals surface area (Å²) >= 11 is 0. The van der Waals surface area contributed by atoms with Gasteiger partial charge in [0, 0.05) is 25.5 Å². The summed E-state index contributed by atoms with van der Waals surface area (Å²) in [6.07, 6.45) is 5.24. The molecule has 1 aromatic rings. The maximum atomic E-state index is 11.0. The highest BCUT2D eigenvalue weighted by Crippen LogP contribution is 2.24. The second-order valence-corrected chi connectivity index (χ2v) is 3.70. The molecule has 1 aliphatic rings. The minimum atomic E-state index is -0.752. The zero-order chi connectivity index (χ0) is 10.8. The van der Waals surface area contributed by atoms with E-state index in [0.717, 1.165) is 25.5 Å². The third-order valence-corrected chi connectivity index (χ3v) is 2.83. The summed E-state index contributed by atoms with van der Waals surface area (Å²) in [6.45, 7) is 3.63. The summed E-state index contributed by atoms with van der Waals surface area (Å²) in [5, 5.41) is 9.07. The molecule has 5 heteroatoms. The van der Waals surface area contributed by atoms with Gasteiger partial charge in [0.1, 0.15) is 6.04 Å². The lowest BCUT2D eigenvalue weighted by Crippen LogP contribution is -2.37. The summed E-state index contributed by atoms with van der Waals surface area (Å²) < 4.78 is 1.97. The minimum absolute atomic E-state index is 0.405. The van der Waals surface area contributed by atoms with Crippen LogP contribution in [0.3, 0.4) is 0 Å². The van der Waals surface area contributed by atoms with Gasteiger partial charge in [0.05, 0.1) is 0 Å². The summed E-state index contributed by atoms with van der Waals surface area (Å²) in [5.74, 6) is 0.0283. The lowest BCUT2D eigenvalue weighted by atomic mass is 10.2. The van der Waals surface area contributed by atoms with Crippen LogP contribution >= 0.6 is 0 Å². The standard InChI is InChI=1S/C10H15N3O2/c1-2-12-7-5-11-10(12)13-6-3-4-8(13)9(14)15/h5,7-8H,2-4,6H2,1H3,(H,14,15). The van der Waals surface area contributed by atoms with Gasteiger partial charge in [-0.05, 0) is 19.8 Å². The van der Waals surface area contributed by atoms with E-state index in [9.17, 15) is 4.79 Å². The molecule has 0 spiro atoms. The fourth-order valence-electron chi connectivity index (χ4n) is 2.07. The number of aryl methyl sites for hydroxylation is 1. The van der Waals surface area contributed by atoms with Crippen LogP contribution in [-0.2, 0) is 11.3 Å². The van der Waals surface area contributed by atoms with Crippen LogP contribution in [0.25, 0.3) is 0 Å². The maximum Gasteiger partial charge on any atom is 0.326 e. The topological polar surface area (TPSA) is 58.4 Å². The molecule has 1 atom stereocenters. The number of aromatic nitrogens is 2. The number of rotatable bonds is 3. The second kappa shape index (κ2) is 3.92. The predicted octanol–water partition coefficient (Wildman–Crippen LogP) is 0.956. The first kappa shape index (κ1) is 10.0. The first-order valence-electron chi connectivity index (χ1n) is 5.24. The van der Waals surface area contributed by atoms with Crippen molar-refractivity contribution in [3.8, 4) is 0 Å². The van der Waals surface area contributed by atoms with Gasteiger partial charge in [-0.2, -0.15) is 0 Å². The van der Waals surface area contributed by atoms with E-state index < -0.39 is 12.0 Å². The average Bonchev–Trinajstić information content (AvgIpc) is 2.85. The summed E-state index contributed by atoms with van der Waals surface area (Å²) in [6, 6.07) is -0.405. The second-order valence-electron chi connectivity index (χ2n) is 3.70. The van der Waals surface area contributed by atoms with E-state index in [1.807, 2.05) is 22.6 Å². The molecule has 1 saturated heterocycles. The molecule has 1 unspecified atom stereocenters. The highest BCUT2D eigenvalue weighted by atomic mass is 16.4. The van der Waals surface area contributed by atoms with E-state index in [0.29, 0.717) is 6.42 Å². The number of carbonyl (C=O) groups is 1. The van der Waals surface area contributed by atoms with Crippen LogP contribution in [0.4, 0.5) is 5.95 Å². The van der Waals surface area contributed by atoms with Crippen molar-refractivity contribution in [2.24, 2.45) is 0 Å². The Kier molecular flexibility index (Phi) is 2.62. The van der Waals surface area contributed by atoms with Crippen molar-refractivity contribution in [1.82, 2.24) is 9.55 Å². The van der Waals surface area contributed by atoms with Gasteiger partial charge in [-0.15, -0.1) is 0 Å². The van der Waals surface area contributed by atoms with Crippen LogP contribution in [0.2, 0.25) is 0 Å². The zero-order valence-corrected chi connectivity index (χ0v) is 8.76. The number of nitrogens with zero attached hydrogens (tertiary/aromatic N) is 3. The Bertz CT molecular complexity index is 361. The first-order valence-corrected chi connectivity index (χ1v) is 5.24. The first-order chi connectivity index (χ1) is 7.24. The van der Waals surface area contributed by atoms with Gasteiger partial charge < -0.3 is 14.6 Å². The fourth-order valence-corrected chi connectivity index (χ4v) is 2.07. The van der Waals surface area contributed by atoms with E-state index in [2.05, 4.69) is 4.98 Å². The Morgan fingerprint density at radius 2 is 2.53 bits per heavy atom. The Hall–Kier alpha value is -1.52. The zero-order valence-electron chi connectivity index (χ0n) is 8.76. The lowest BCUT2D eigenvalue weighted by Gasteiger charge is -2.22. The molecule has 0 bridgehead atoms. The molecule has 0 radical (unpaired) electrons. The molecule has 82 valence electrons.